The van der Waals surface area contributed by atoms with Crippen molar-refractivity contribution in [3.8, 4) is 5.88 Å². The lowest BCUT2D eigenvalue weighted by atomic mass is 10.0. The van der Waals surface area contributed by atoms with Gasteiger partial charge in [0, 0.05) is 18.8 Å². The molecular formula is C20H31IN4O3. The summed E-state index contributed by atoms with van der Waals surface area (Å²) in [5.41, 5.74) is -0.168. The summed E-state index contributed by atoms with van der Waals surface area (Å²) >= 11 is 0. The number of ether oxygens (including phenoxy) is 1. The van der Waals surface area contributed by atoms with E-state index in [1.165, 1.54) is 0 Å². The first kappa shape index (κ1) is 24.2. The van der Waals surface area contributed by atoms with Crippen molar-refractivity contribution in [1.29, 1.82) is 0 Å². The molecule has 2 aromatic rings. The summed E-state index contributed by atoms with van der Waals surface area (Å²) in [6.07, 6.45) is 1.85. The molecule has 0 fully saturated rings. The number of aliphatic hydroxyl groups is 1. The van der Waals surface area contributed by atoms with E-state index in [0.29, 0.717) is 30.7 Å². The van der Waals surface area contributed by atoms with Gasteiger partial charge in [-0.1, -0.05) is 6.07 Å². The molecule has 0 saturated carbocycles. The van der Waals surface area contributed by atoms with Crippen LogP contribution in [0.4, 0.5) is 0 Å². The minimum absolute atomic E-state index is 0. The maximum Gasteiger partial charge on any atom is 0.213 e. The first-order valence-corrected chi connectivity index (χ1v) is 9.23. The van der Waals surface area contributed by atoms with Crippen LogP contribution in [0.25, 0.3) is 0 Å². The SMILES string of the molecule is CCNC(=NCc1ccc(OC(C)C)nc1)NCC(C)(O)c1ccc(C)o1.I. The number of guanidine groups is 1. The third kappa shape index (κ3) is 7.67. The molecule has 0 aromatic carbocycles. The normalized spacial score (nSPS) is 13.6. The van der Waals surface area contributed by atoms with E-state index >= 15 is 0 Å². The Kier molecular flexibility index (Phi) is 9.74. The van der Waals surface area contributed by atoms with Crippen LogP contribution in [0.5, 0.6) is 5.88 Å². The third-order valence-corrected chi connectivity index (χ3v) is 3.79. The Balaban J connectivity index is 0.00000392. The van der Waals surface area contributed by atoms with E-state index in [-0.39, 0.29) is 36.6 Å². The van der Waals surface area contributed by atoms with Crippen molar-refractivity contribution in [1.82, 2.24) is 15.6 Å². The topological polar surface area (TPSA) is 91.9 Å². The Morgan fingerprint density at radius 2 is 2.04 bits per heavy atom. The largest absolute Gasteiger partial charge is 0.475 e. The van der Waals surface area contributed by atoms with Gasteiger partial charge in [0.15, 0.2) is 5.96 Å². The molecule has 7 nitrogen and oxygen atoms in total. The molecule has 1 atom stereocenters. The molecule has 0 bridgehead atoms. The van der Waals surface area contributed by atoms with Gasteiger partial charge in [-0.2, -0.15) is 0 Å². The van der Waals surface area contributed by atoms with E-state index in [0.717, 1.165) is 11.3 Å². The lowest BCUT2D eigenvalue weighted by molar-refractivity contribution is 0.0378. The number of hydrogen-bond acceptors (Lipinski definition) is 5. The number of nitrogens with zero attached hydrogens (tertiary/aromatic N) is 2. The molecule has 3 N–H and O–H groups in total. The molecule has 8 heteroatoms. The molecule has 0 saturated heterocycles. The lowest BCUT2D eigenvalue weighted by Crippen LogP contribution is -2.44. The van der Waals surface area contributed by atoms with Crippen molar-refractivity contribution < 1.29 is 14.3 Å². The number of halogens is 1. The minimum atomic E-state index is -1.14. The summed E-state index contributed by atoms with van der Waals surface area (Å²) in [5, 5.41) is 17.0. The molecule has 28 heavy (non-hydrogen) atoms. The van der Waals surface area contributed by atoms with Gasteiger partial charge in [-0.15, -0.1) is 24.0 Å². The van der Waals surface area contributed by atoms with Gasteiger partial charge >= 0.3 is 0 Å². The Bertz CT molecular complexity index is 742. The summed E-state index contributed by atoms with van der Waals surface area (Å²) in [6.45, 7) is 10.9. The zero-order valence-corrected chi connectivity index (χ0v) is 19.5. The monoisotopic (exact) mass is 502 g/mol. The number of aromatic nitrogens is 1. The predicted octanol–water partition coefficient (Wildman–Crippen LogP) is 3.35. The fourth-order valence-electron chi connectivity index (χ4n) is 2.39. The lowest BCUT2D eigenvalue weighted by Gasteiger charge is -2.22. The second-order valence-corrected chi connectivity index (χ2v) is 6.90. The number of nitrogens with one attached hydrogen (secondary N) is 2. The minimum Gasteiger partial charge on any atom is -0.475 e. The van der Waals surface area contributed by atoms with Gasteiger partial charge in [0.25, 0.3) is 0 Å². The van der Waals surface area contributed by atoms with E-state index < -0.39 is 5.60 Å². The van der Waals surface area contributed by atoms with E-state index in [4.69, 9.17) is 9.15 Å². The first-order chi connectivity index (χ1) is 12.8. The van der Waals surface area contributed by atoms with Gasteiger partial charge in [0.1, 0.15) is 17.1 Å². The van der Waals surface area contributed by atoms with E-state index in [1.807, 2.05) is 45.9 Å². The van der Waals surface area contributed by atoms with E-state index in [1.54, 1.807) is 19.2 Å². The quantitative estimate of drug-likeness (QED) is 0.292. The maximum absolute atomic E-state index is 10.6. The standard InChI is InChI=1S/C20H30N4O3.HI/c1-6-21-19(24-13-20(5,25)17-9-7-15(4)27-17)23-12-16-8-10-18(22-11-16)26-14(2)3;/h7-11,14,25H,6,12-13H2,1-5H3,(H2,21,23,24);1H. The summed E-state index contributed by atoms with van der Waals surface area (Å²) < 4.78 is 11.1. The second kappa shape index (κ2) is 11.3. The van der Waals surface area contributed by atoms with Crippen LogP contribution in [0, 0.1) is 6.92 Å². The van der Waals surface area contributed by atoms with Crippen molar-refractivity contribution >= 4 is 29.9 Å². The molecule has 1 unspecified atom stereocenters. The average molecular weight is 502 g/mol. The van der Waals surface area contributed by atoms with E-state index in [2.05, 4.69) is 20.6 Å². The van der Waals surface area contributed by atoms with Gasteiger partial charge in [0.05, 0.1) is 19.2 Å². The maximum atomic E-state index is 10.6. The van der Waals surface area contributed by atoms with Gasteiger partial charge < -0.3 is 24.9 Å². The van der Waals surface area contributed by atoms with Crippen LogP contribution in [0.15, 0.2) is 39.9 Å². The number of rotatable bonds is 8. The van der Waals surface area contributed by atoms with Gasteiger partial charge in [-0.05, 0) is 52.3 Å². The van der Waals surface area contributed by atoms with Crippen LogP contribution in [0.1, 0.15) is 44.8 Å². The van der Waals surface area contributed by atoms with E-state index in [9.17, 15) is 5.11 Å². The molecule has 0 aliphatic carbocycles. The zero-order valence-electron chi connectivity index (χ0n) is 17.2. The average Bonchev–Trinajstić information content (AvgIpc) is 3.06. The molecule has 0 aliphatic rings. The van der Waals surface area contributed by atoms with Crippen LogP contribution in [-0.2, 0) is 12.1 Å². The van der Waals surface area contributed by atoms with Crippen molar-refractivity contribution in [3.05, 3.63) is 47.5 Å². The number of aliphatic imine (C=N–C) groups is 1. The highest BCUT2D eigenvalue weighted by Crippen LogP contribution is 2.21. The molecular weight excluding hydrogens is 471 g/mol. The molecule has 2 aromatic heterocycles. The molecule has 0 spiro atoms. The van der Waals surface area contributed by atoms with Crippen LogP contribution in [-0.4, -0.2) is 35.2 Å². The van der Waals surface area contributed by atoms with Crippen LogP contribution in [0.2, 0.25) is 0 Å². The fraction of sp³-hybridized carbons (Fsp3) is 0.500. The molecule has 0 radical (unpaired) electrons. The molecule has 0 aliphatic heterocycles. The third-order valence-electron chi connectivity index (χ3n) is 3.79. The highest BCUT2D eigenvalue weighted by Gasteiger charge is 2.27. The van der Waals surface area contributed by atoms with Gasteiger partial charge in [-0.25, -0.2) is 9.98 Å². The Labute approximate surface area is 184 Å². The molecule has 2 heterocycles. The summed E-state index contributed by atoms with van der Waals surface area (Å²) in [4.78, 5) is 8.83. The van der Waals surface area contributed by atoms with Gasteiger partial charge in [-0.3, -0.25) is 0 Å². The smallest absolute Gasteiger partial charge is 0.213 e. The number of hydrogen-bond donors (Lipinski definition) is 3. The number of furan rings is 1. The Morgan fingerprint density at radius 3 is 2.57 bits per heavy atom. The van der Waals surface area contributed by atoms with Crippen molar-refractivity contribution in [2.24, 2.45) is 4.99 Å². The van der Waals surface area contributed by atoms with Gasteiger partial charge in [0.2, 0.25) is 5.88 Å². The first-order valence-electron chi connectivity index (χ1n) is 9.23. The predicted molar refractivity (Wildman–Crippen MR) is 121 cm³/mol. The molecule has 2 rings (SSSR count). The highest BCUT2D eigenvalue weighted by molar-refractivity contribution is 14.0. The summed E-state index contributed by atoms with van der Waals surface area (Å²) in [5.74, 6) is 2.51. The van der Waals surface area contributed by atoms with Crippen LogP contribution < -0.4 is 15.4 Å². The van der Waals surface area contributed by atoms with Crippen molar-refractivity contribution in [3.63, 3.8) is 0 Å². The van der Waals surface area contributed by atoms with Crippen molar-refractivity contribution in [2.45, 2.75) is 52.9 Å². The highest BCUT2D eigenvalue weighted by atomic mass is 127. The fourth-order valence-corrected chi connectivity index (χ4v) is 2.39. The number of pyridine rings is 1. The molecule has 0 amide bonds. The Morgan fingerprint density at radius 1 is 1.29 bits per heavy atom. The second-order valence-electron chi connectivity index (χ2n) is 6.90. The van der Waals surface area contributed by atoms with Crippen LogP contribution >= 0.6 is 24.0 Å². The number of aryl methyl sites for hydroxylation is 1. The zero-order chi connectivity index (χ0) is 19.9. The Hall–Kier alpha value is -1.81. The summed E-state index contributed by atoms with van der Waals surface area (Å²) in [6, 6.07) is 7.41. The van der Waals surface area contributed by atoms with Crippen LogP contribution in [0.3, 0.4) is 0 Å². The van der Waals surface area contributed by atoms with Crippen molar-refractivity contribution in [2.75, 3.05) is 13.1 Å². The summed E-state index contributed by atoms with van der Waals surface area (Å²) in [7, 11) is 0. The molecule has 156 valence electrons.